The second-order valence-electron chi connectivity index (χ2n) is 4.58. The number of rotatable bonds is 2. The number of hydrogen-bond donors (Lipinski definition) is 2. The molecule has 17 heavy (non-hydrogen) atoms. The van der Waals surface area contributed by atoms with Crippen molar-refractivity contribution in [2.45, 2.75) is 13.3 Å². The van der Waals surface area contributed by atoms with Gasteiger partial charge in [-0.3, -0.25) is 0 Å². The molecule has 2 rings (SSSR count). The van der Waals surface area contributed by atoms with Crippen molar-refractivity contribution in [1.29, 1.82) is 0 Å². The largest absolute Gasteiger partial charge is 0.402 e. The van der Waals surface area contributed by atoms with Crippen molar-refractivity contribution in [2.75, 3.05) is 17.7 Å². The van der Waals surface area contributed by atoms with E-state index in [1.54, 1.807) is 0 Å². The quantitative estimate of drug-likeness (QED) is 0.766. The molecule has 0 saturated heterocycles. The maximum atomic E-state index is 5.88. The van der Waals surface area contributed by atoms with Crippen LogP contribution in [-0.4, -0.2) is 7.05 Å². The average molecular weight is 229 g/mol. The first-order valence-electron chi connectivity index (χ1n) is 5.83. The molecule has 0 aliphatic heterocycles. The lowest BCUT2D eigenvalue weighted by atomic mass is 9.96. The van der Waals surface area contributed by atoms with E-state index in [4.69, 9.17) is 11.5 Å². The maximum absolute atomic E-state index is 5.88. The molecule has 1 atom stereocenters. The zero-order valence-corrected chi connectivity index (χ0v) is 10.4. The third-order valence-electron chi connectivity index (χ3n) is 3.26. The summed E-state index contributed by atoms with van der Waals surface area (Å²) in [5.74, 6) is 0.409. The van der Waals surface area contributed by atoms with Gasteiger partial charge in [0.05, 0.1) is 0 Å². The predicted molar refractivity (Wildman–Crippen MR) is 73.4 cm³/mol. The Labute approximate surface area is 102 Å². The second kappa shape index (κ2) is 4.53. The number of hydrogen-bond acceptors (Lipinski definition) is 3. The molecule has 1 aromatic rings. The summed E-state index contributed by atoms with van der Waals surface area (Å²) in [6.07, 6.45) is 5.06. The Morgan fingerprint density at radius 3 is 2.35 bits per heavy atom. The molecule has 1 aromatic carbocycles. The summed E-state index contributed by atoms with van der Waals surface area (Å²) in [6.45, 7) is 2.15. The van der Waals surface area contributed by atoms with E-state index in [-0.39, 0.29) is 0 Å². The van der Waals surface area contributed by atoms with Crippen LogP contribution in [0, 0.1) is 5.92 Å². The lowest BCUT2D eigenvalue weighted by molar-refractivity contribution is 0.642. The number of anilines is 2. The molecule has 90 valence electrons. The fourth-order valence-electron chi connectivity index (χ4n) is 1.97. The summed E-state index contributed by atoms with van der Waals surface area (Å²) in [4.78, 5) is 2.18. The Hall–Kier alpha value is -1.90. The SMILES string of the molecule is CC1CC(N(C)c2ccc(N)cc2)=CC=C1N. The Morgan fingerprint density at radius 1 is 1.12 bits per heavy atom. The first-order chi connectivity index (χ1) is 8.08. The molecular formula is C14H19N3. The average Bonchev–Trinajstić information content (AvgIpc) is 2.33. The third-order valence-corrected chi connectivity index (χ3v) is 3.26. The zero-order valence-electron chi connectivity index (χ0n) is 10.4. The topological polar surface area (TPSA) is 55.3 Å². The van der Waals surface area contributed by atoms with Crippen molar-refractivity contribution in [3.05, 3.63) is 47.8 Å². The fourth-order valence-corrected chi connectivity index (χ4v) is 1.97. The number of allylic oxidation sites excluding steroid dienone is 4. The van der Waals surface area contributed by atoms with Crippen LogP contribution in [0.2, 0.25) is 0 Å². The Morgan fingerprint density at radius 2 is 1.76 bits per heavy atom. The molecule has 0 saturated carbocycles. The summed E-state index contributed by atoms with van der Waals surface area (Å²) in [5, 5.41) is 0. The van der Waals surface area contributed by atoms with Crippen LogP contribution in [0.3, 0.4) is 0 Å². The molecule has 0 radical (unpaired) electrons. The van der Waals surface area contributed by atoms with E-state index < -0.39 is 0 Å². The Bertz CT molecular complexity index is 457. The third kappa shape index (κ3) is 2.44. The summed E-state index contributed by atoms with van der Waals surface area (Å²) in [5.41, 5.74) is 15.7. The van der Waals surface area contributed by atoms with Gasteiger partial charge < -0.3 is 16.4 Å². The monoisotopic (exact) mass is 229 g/mol. The summed E-state index contributed by atoms with van der Waals surface area (Å²) in [7, 11) is 2.07. The lowest BCUT2D eigenvalue weighted by Gasteiger charge is -2.27. The normalized spacial score (nSPS) is 19.5. The van der Waals surface area contributed by atoms with Gasteiger partial charge in [0, 0.05) is 35.7 Å². The highest BCUT2D eigenvalue weighted by atomic mass is 15.1. The van der Waals surface area contributed by atoms with E-state index in [2.05, 4.69) is 24.9 Å². The van der Waals surface area contributed by atoms with Gasteiger partial charge in [-0.1, -0.05) is 6.92 Å². The first-order valence-corrected chi connectivity index (χ1v) is 5.83. The van der Waals surface area contributed by atoms with Gasteiger partial charge >= 0.3 is 0 Å². The van der Waals surface area contributed by atoms with Gasteiger partial charge in [-0.25, -0.2) is 0 Å². The van der Waals surface area contributed by atoms with Crippen molar-refractivity contribution in [3.8, 4) is 0 Å². The van der Waals surface area contributed by atoms with Crippen molar-refractivity contribution in [1.82, 2.24) is 0 Å². The van der Waals surface area contributed by atoms with Crippen LogP contribution in [0.1, 0.15) is 13.3 Å². The highest BCUT2D eigenvalue weighted by molar-refractivity contribution is 5.56. The lowest BCUT2D eigenvalue weighted by Crippen LogP contribution is -2.22. The minimum absolute atomic E-state index is 0.409. The molecule has 3 nitrogen and oxygen atoms in total. The minimum Gasteiger partial charge on any atom is -0.402 e. The first kappa shape index (κ1) is 11.6. The smallest absolute Gasteiger partial charge is 0.0407 e. The van der Waals surface area contributed by atoms with E-state index in [0.717, 1.165) is 23.5 Å². The number of benzene rings is 1. The van der Waals surface area contributed by atoms with Crippen molar-refractivity contribution in [2.24, 2.45) is 11.7 Å². The molecular weight excluding hydrogens is 210 g/mol. The van der Waals surface area contributed by atoms with Gasteiger partial charge in [0.15, 0.2) is 0 Å². The molecule has 1 aliphatic rings. The van der Waals surface area contributed by atoms with Gasteiger partial charge in [0.2, 0.25) is 0 Å². The van der Waals surface area contributed by atoms with E-state index in [1.807, 2.05) is 30.3 Å². The molecule has 1 unspecified atom stereocenters. The van der Waals surface area contributed by atoms with Gasteiger partial charge in [0.1, 0.15) is 0 Å². The standard InChI is InChI=1S/C14H19N3/c1-10-9-13(7-8-14(10)16)17(2)12-5-3-11(15)4-6-12/h3-8,10H,9,15-16H2,1-2H3. The molecule has 0 heterocycles. The predicted octanol–water partition coefficient (Wildman–Crippen LogP) is 2.47. The van der Waals surface area contributed by atoms with Gasteiger partial charge in [-0.15, -0.1) is 0 Å². The Kier molecular flexibility index (Phi) is 3.09. The van der Waals surface area contributed by atoms with Crippen LogP contribution < -0.4 is 16.4 Å². The van der Waals surface area contributed by atoms with Crippen LogP contribution in [-0.2, 0) is 0 Å². The number of nitrogen functional groups attached to an aromatic ring is 1. The van der Waals surface area contributed by atoms with Crippen LogP contribution in [0.4, 0.5) is 11.4 Å². The molecule has 0 aromatic heterocycles. The summed E-state index contributed by atoms with van der Waals surface area (Å²) < 4.78 is 0. The molecule has 0 spiro atoms. The fraction of sp³-hybridized carbons (Fsp3) is 0.286. The van der Waals surface area contributed by atoms with Crippen molar-refractivity contribution < 1.29 is 0 Å². The van der Waals surface area contributed by atoms with Crippen LogP contribution in [0.15, 0.2) is 47.8 Å². The van der Waals surface area contributed by atoms with E-state index in [0.29, 0.717) is 5.92 Å². The number of nitrogens with zero attached hydrogens (tertiary/aromatic N) is 1. The molecule has 0 bridgehead atoms. The van der Waals surface area contributed by atoms with E-state index in [9.17, 15) is 0 Å². The summed E-state index contributed by atoms with van der Waals surface area (Å²) in [6, 6.07) is 7.90. The minimum atomic E-state index is 0.409. The van der Waals surface area contributed by atoms with Crippen molar-refractivity contribution >= 4 is 11.4 Å². The van der Waals surface area contributed by atoms with E-state index in [1.165, 1.54) is 5.70 Å². The van der Waals surface area contributed by atoms with Gasteiger partial charge in [0.25, 0.3) is 0 Å². The Balaban J connectivity index is 2.21. The highest BCUT2D eigenvalue weighted by Gasteiger charge is 2.16. The molecule has 0 amide bonds. The van der Waals surface area contributed by atoms with Crippen LogP contribution >= 0.6 is 0 Å². The molecule has 1 aliphatic carbocycles. The van der Waals surface area contributed by atoms with Gasteiger partial charge in [-0.2, -0.15) is 0 Å². The highest BCUT2D eigenvalue weighted by Crippen LogP contribution is 2.27. The maximum Gasteiger partial charge on any atom is 0.0407 e. The van der Waals surface area contributed by atoms with Crippen LogP contribution in [0.25, 0.3) is 0 Å². The molecule has 0 fully saturated rings. The van der Waals surface area contributed by atoms with Crippen LogP contribution in [0.5, 0.6) is 0 Å². The number of nitrogens with two attached hydrogens (primary N) is 2. The van der Waals surface area contributed by atoms with Gasteiger partial charge in [-0.05, 0) is 42.8 Å². The molecule has 4 N–H and O–H groups in total. The second-order valence-corrected chi connectivity index (χ2v) is 4.58. The van der Waals surface area contributed by atoms with E-state index >= 15 is 0 Å². The zero-order chi connectivity index (χ0) is 12.4. The van der Waals surface area contributed by atoms with Crippen molar-refractivity contribution in [3.63, 3.8) is 0 Å². The summed E-state index contributed by atoms with van der Waals surface area (Å²) >= 11 is 0. The molecule has 3 heteroatoms.